The van der Waals surface area contributed by atoms with Crippen molar-refractivity contribution >= 4 is 23.2 Å². The number of amides is 2. The third-order valence-corrected chi connectivity index (χ3v) is 2.54. The first kappa shape index (κ1) is 11.4. The predicted octanol–water partition coefficient (Wildman–Crippen LogP) is 1.75. The van der Waals surface area contributed by atoms with E-state index in [9.17, 15) is 9.59 Å². The van der Waals surface area contributed by atoms with Gasteiger partial charge in [0.2, 0.25) is 5.91 Å². The summed E-state index contributed by atoms with van der Waals surface area (Å²) < 4.78 is 5.44. The molecule has 17 heavy (non-hydrogen) atoms. The Labute approximate surface area is 99.2 Å². The monoisotopic (exact) mass is 234 g/mol. The molecular weight excluding hydrogens is 220 g/mol. The zero-order valence-electron chi connectivity index (χ0n) is 9.74. The van der Waals surface area contributed by atoms with Gasteiger partial charge in [0.1, 0.15) is 11.4 Å². The minimum atomic E-state index is -0.514. The van der Waals surface area contributed by atoms with E-state index in [1.807, 2.05) is 0 Å². The summed E-state index contributed by atoms with van der Waals surface area (Å²) >= 11 is 0. The summed E-state index contributed by atoms with van der Waals surface area (Å²) in [5.41, 5.74) is 1.09. The van der Waals surface area contributed by atoms with E-state index in [1.165, 1.54) is 0 Å². The van der Waals surface area contributed by atoms with Crippen molar-refractivity contribution in [1.29, 1.82) is 0 Å². The van der Waals surface area contributed by atoms with Gasteiger partial charge >= 0.3 is 0 Å². The molecule has 90 valence electrons. The molecule has 0 bridgehead atoms. The minimum absolute atomic E-state index is 0.105. The molecule has 5 heteroatoms. The summed E-state index contributed by atoms with van der Waals surface area (Å²) in [5.74, 6) is 0.257. The summed E-state index contributed by atoms with van der Waals surface area (Å²) in [6.07, 6.45) is -0.130. The van der Waals surface area contributed by atoms with Crippen LogP contribution in [0, 0.1) is 0 Å². The van der Waals surface area contributed by atoms with Crippen molar-refractivity contribution in [1.82, 2.24) is 0 Å². The summed E-state index contributed by atoms with van der Waals surface area (Å²) in [6, 6.07) is 5.26. The summed E-state index contributed by atoms with van der Waals surface area (Å²) in [7, 11) is 0. The van der Waals surface area contributed by atoms with E-state index in [-0.39, 0.29) is 11.8 Å². The number of rotatable bonds is 2. The van der Waals surface area contributed by atoms with Crippen LogP contribution < -0.4 is 15.4 Å². The van der Waals surface area contributed by atoms with Crippen molar-refractivity contribution in [2.24, 2.45) is 0 Å². The lowest BCUT2D eigenvalue weighted by Gasteiger charge is -2.25. The average molecular weight is 234 g/mol. The number of nitrogens with one attached hydrogen (secondary N) is 2. The number of para-hydroxylation sites is 1. The van der Waals surface area contributed by atoms with Crippen LogP contribution in [-0.2, 0) is 9.59 Å². The molecule has 1 aromatic carbocycles. The van der Waals surface area contributed by atoms with Crippen molar-refractivity contribution in [3.63, 3.8) is 0 Å². The van der Waals surface area contributed by atoms with Crippen molar-refractivity contribution in [2.45, 2.75) is 26.4 Å². The third kappa shape index (κ3) is 2.22. The van der Waals surface area contributed by atoms with Gasteiger partial charge in [0.05, 0.1) is 5.69 Å². The van der Waals surface area contributed by atoms with Gasteiger partial charge < -0.3 is 15.4 Å². The lowest BCUT2D eigenvalue weighted by Crippen LogP contribution is -2.34. The molecule has 1 unspecified atom stereocenters. The van der Waals surface area contributed by atoms with Crippen molar-refractivity contribution in [3.05, 3.63) is 18.2 Å². The van der Waals surface area contributed by atoms with Gasteiger partial charge in [0.15, 0.2) is 6.10 Å². The van der Waals surface area contributed by atoms with E-state index in [0.29, 0.717) is 23.5 Å². The average Bonchev–Trinajstić information content (AvgIpc) is 2.31. The largest absolute Gasteiger partial charge is 0.479 e. The molecule has 0 radical (unpaired) electrons. The molecule has 5 nitrogen and oxygen atoms in total. The maximum atomic E-state index is 11.5. The number of anilines is 2. The number of carbonyl (C=O) groups is 2. The van der Waals surface area contributed by atoms with Gasteiger partial charge in [-0.05, 0) is 19.1 Å². The van der Waals surface area contributed by atoms with Crippen LogP contribution in [0.3, 0.4) is 0 Å². The first-order valence-electron chi connectivity index (χ1n) is 5.52. The fourth-order valence-corrected chi connectivity index (χ4v) is 1.57. The molecule has 2 rings (SSSR count). The summed E-state index contributed by atoms with van der Waals surface area (Å²) in [4.78, 5) is 22.9. The molecule has 0 aromatic heterocycles. The number of hydrogen-bond donors (Lipinski definition) is 2. The fraction of sp³-hybridized carbons (Fsp3) is 0.333. The van der Waals surface area contributed by atoms with Crippen LogP contribution in [0.1, 0.15) is 20.3 Å². The maximum absolute atomic E-state index is 11.5. The van der Waals surface area contributed by atoms with Crippen LogP contribution in [0.15, 0.2) is 18.2 Å². The topological polar surface area (TPSA) is 67.4 Å². The molecule has 0 aliphatic carbocycles. The smallest absolute Gasteiger partial charge is 0.265 e. The van der Waals surface area contributed by atoms with Crippen LogP contribution in [0.25, 0.3) is 0 Å². The minimum Gasteiger partial charge on any atom is -0.479 e. The lowest BCUT2D eigenvalue weighted by molar-refractivity contribution is -0.122. The molecule has 1 aromatic rings. The molecule has 2 amide bonds. The molecule has 1 aliphatic heterocycles. The van der Waals surface area contributed by atoms with E-state index in [2.05, 4.69) is 10.6 Å². The van der Waals surface area contributed by atoms with Gasteiger partial charge in [0.25, 0.3) is 5.91 Å². The van der Waals surface area contributed by atoms with Crippen LogP contribution in [0.2, 0.25) is 0 Å². The van der Waals surface area contributed by atoms with Crippen LogP contribution >= 0.6 is 0 Å². The molecule has 0 saturated heterocycles. The molecule has 0 fully saturated rings. The number of benzene rings is 1. The molecule has 0 saturated carbocycles. The number of carbonyl (C=O) groups excluding carboxylic acids is 2. The second-order valence-electron chi connectivity index (χ2n) is 3.83. The Balaban J connectivity index is 2.33. The predicted molar refractivity (Wildman–Crippen MR) is 64.1 cm³/mol. The molecule has 1 heterocycles. The third-order valence-electron chi connectivity index (χ3n) is 2.54. The fourth-order valence-electron chi connectivity index (χ4n) is 1.57. The van der Waals surface area contributed by atoms with E-state index in [1.54, 1.807) is 32.0 Å². The zero-order valence-corrected chi connectivity index (χ0v) is 9.74. The normalized spacial score (nSPS) is 17.8. The van der Waals surface area contributed by atoms with Crippen molar-refractivity contribution < 1.29 is 14.3 Å². The van der Waals surface area contributed by atoms with Gasteiger partial charge in [-0.1, -0.05) is 13.0 Å². The van der Waals surface area contributed by atoms with Crippen molar-refractivity contribution in [2.75, 3.05) is 10.6 Å². The second-order valence-corrected chi connectivity index (χ2v) is 3.83. The van der Waals surface area contributed by atoms with E-state index < -0.39 is 6.10 Å². The van der Waals surface area contributed by atoms with Crippen LogP contribution in [0.5, 0.6) is 5.75 Å². The summed E-state index contributed by atoms with van der Waals surface area (Å²) in [5, 5.41) is 5.45. The Hall–Kier alpha value is -2.04. The highest BCUT2D eigenvalue weighted by molar-refractivity contribution is 6.04. The Bertz CT molecular complexity index is 471. The SMILES string of the molecule is CCC(=O)Nc1cccc2c1NC(=O)C(C)O2. The number of ether oxygens (including phenoxy) is 1. The molecule has 1 aliphatic rings. The zero-order chi connectivity index (χ0) is 12.4. The van der Waals surface area contributed by atoms with Gasteiger partial charge in [-0.3, -0.25) is 9.59 Å². The standard InChI is InChI=1S/C12H14N2O3/c1-3-10(15)13-8-5-4-6-9-11(8)14-12(16)7(2)17-9/h4-7H,3H2,1-2H3,(H,13,15)(H,14,16). The molecule has 2 N–H and O–H groups in total. The van der Waals surface area contributed by atoms with E-state index in [0.717, 1.165) is 0 Å². The highest BCUT2D eigenvalue weighted by Gasteiger charge is 2.25. The number of fused-ring (bicyclic) bond motifs is 1. The molecule has 1 atom stereocenters. The number of hydrogen-bond acceptors (Lipinski definition) is 3. The Morgan fingerprint density at radius 1 is 1.53 bits per heavy atom. The Morgan fingerprint density at radius 3 is 3.00 bits per heavy atom. The van der Waals surface area contributed by atoms with Gasteiger partial charge in [-0.25, -0.2) is 0 Å². The maximum Gasteiger partial charge on any atom is 0.265 e. The van der Waals surface area contributed by atoms with E-state index >= 15 is 0 Å². The molecular formula is C12H14N2O3. The van der Waals surface area contributed by atoms with Gasteiger partial charge in [-0.2, -0.15) is 0 Å². The van der Waals surface area contributed by atoms with E-state index in [4.69, 9.17) is 4.74 Å². The highest BCUT2D eigenvalue weighted by Crippen LogP contribution is 2.36. The summed E-state index contributed by atoms with van der Waals surface area (Å²) in [6.45, 7) is 3.44. The van der Waals surface area contributed by atoms with Crippen LogP contribution in [-0.4, -0.2) is 17.9 Å². The van der Waals surface area contributed by atoms with Gasteiger partial charge in [0, 0.05) is 6.42 Å². The van der Waals surface area contributed by atoms with Gasteiger partial charge in [-0.15, -0.1) is 0 Å². The van der Waals surface area contributed by atoms with Crippen LogP contribution in [0.4, 0.5) is 11.4 Å². The first-order chi connectivity index (χ1) is 8.11. The Kier molecular flexibility index (Phi) is 2.99. The first-order valence-corrected chi connectivity index (χ1v) is 5.52. The quantitative estimate of drug-likeness (QED) is 0.819. The second kappa shape index (κ2) is 4.45. The highest BCUT2D eigenvalue weighted by atomic mass is 16.5. The Morgan fingerprint density at radius 2 is 2.29 bits per heavy atom. The van der Waals surface area contributed by atoms with Crippen molar-refractivity contribution in [3.8, 4) is 5.75 Å². The lowest BCUT2D eigenvalue weighted by atomic mass is 10.2. The molecule has 0 spiro atoms.